The average Bonchev–Trinajstić information content (AvgIpc) is 2.50. The maximum absolute atomic E-state index is 12.0. The van der Waals surface area contributed by atoms with Crippen LogP contribution in [0.3, 0.4) is 0 Å². The predicted molar refractivity (Wildman–Crippen MR) is 83.4 cm³/mol. The Kier molecular flexibility index (Phi) is 7.46. The molecule has 1 amide bonds. The molecule has 0 aliphatic heterocycles. The highest BCUT2D eigenvalue weighted by molar-refractivity contribution is 6.01. The molecule has 1 aromatic rings. The van der Waals surface area contributed by atoms with Gasteiger partial charge in [-0.3, -0.25) is 4.79 Å². The van der Waals surface area contributed by atoms with Crippen molar-refractivity contribution in [3.05, 3.63) is 29.8 Å². The average molecular weight is 292 g/mol. The second-order valence-electron chi connectivity index (χ2n) is 4.99. The van der Waals surface area contributed by atoms with Crippen LogP contribution < -0.4 is 5.32 Å². The zero-order valence-corrected chi connectivity index (χ0v) is 13.0. The number of nitrogens with zero attached hydrogens (tertiary/aromatic N) is 1. The summed E-state index contributed by atoms with van der Waals surface area (Å²) in [5, 5.41) is 2.77. The first-order chi connectivity index (χ1) is 10.1. The standard InChI is InChI=1S/C16H24N2O3/c1-4-5-11-18(2)12-10-15(19)17-14-9-7-6-8-13(14)16(20)21-3/h6-9H,4-5,10-12H2,1-3H3,(H,17,19). The number of anilines is 1. The minimum absolute atomic E-state index is 0.102. The van der Waals surface area contributed by atoms with E-state index in [2.05, 4.69) is 17.1 Å². The van der Waals surface area contributed by atoms with Crippen molar-refractivity contribution in [1.82, 2.24) is 4.90 Å². The van der Waals surface area contributed by atoms with Crippen LogP contribution in [0.2, 0.25) is 0 Å². The number of hydrogen-bond donors (Lipinski definition) is 1. The summed E-state index contributed by atoms with van der Waals surface area (Å²) >= 11 is 0. The molecule has 21 heavy (non-hydrogen) atoms. The Labute approximate surface area is 126 Å². The first-order valence-electron chi connectivity index (χ1n) is 7.24. The fourth-order valence-electron chi connectivity index (χ4n) is 1.93. The first kappa shape index (κ1) is 17.2. The van der Waals surface area contributed by atoms with E-state index in [1.165, 1.54) is 7.11 Å². The molecule has 0 saturated carbocycles. The highest BCUT2D eigenvalue weighted by Crippen LogP contribution is 2.16. The minimum Gasteiger partial charge on any atom is -0.465 e. The van der Waals surface area contributed by atoms with Crippen LogP contribution in [0.25, 0.3) is 0 Å². The van der Waals surface area contributed by atoms with E-state index in [4.69, 9.17) is 4.74 Å². The Bertz CT molecular complexity index is 474. The van der Waals surface area contributed by atoms with Gasteiger partial charge in [-0.1, -0.05) is 25.5 Å². The van der Waals surface area contributed by atoms with Gasteiger partial charge >= 0.3 is 5.97 Å². The summed E-state index contributed by atoms with van der Waals surface area (Å²) in [6, 6.07) is 6.84. The number of carbonyl (C=O) groups is 2. The van der Waals surface area contributed by atoms with E-state index in [0.29, 0.717) is 24.2 Å². The van der Waals surface area contributed by atoms with Crippen molar-refractivity contribution in [2.45, 2.75) is 26.2 Å². The molecule has 0 fully saturated rings. The summed E-state index contributed by atoms with van der Waals surface area (Å²) in [4.78, 5) is 25.7. The van der Waals surface area contributed by atoms with E-state index >= 15 is 0 Å². The molecule has 1 N–H and O–H groups in total. The van der Waals surface area contributed by atoms with Gasteiger partial charge in [-0.05, 0) is 32.1 Å². The maximum atomic E-state index is 12.0. The third kappa shape index (κ3) is 5.95. The minimum atomic E-state index is -0.453. The summed E-state index contributed by atoms with van der Waals surface area (Å²) in [6.07, 6.45) is 2.67. The topological polar surface area (TPSA) is 58.6 Å². The van der Waals surface area contributed by atoms with Gasteiger partial charge in [0.25, 0.3) is 0 Å². The van der Waals surface area contributed by atoms with Gasteiger partial charge in [-0.25, -0.2) is 4.79 Å². The number of benzene rings is 1. The van der Waals surface area contributed by atoms with Gasteiger partial charge in [0.15, 0.2) is 0 Å². The van der Waals surface area contributed by atoms with Crippen LogP contribution in [0, 0.1) is 0 Å². The third-order valence-electron chi connectivity index (χ3n) is 3.22. The summed E-state index contributed by atoms with van der Waals surface area (Å²) in [5.41, 5.74) is 0.859. The number of methoxy groups -OCH3 is 1. The van der Waals surface area contributed by atoms with Crippen molar-refractivity contribution < 1.29 is 14.3 Å². The van der Waals surface area contributed by atoms with E-state index in [1.54, 1.807) is 24.3 Å². The van der Waals surface area contributed by atoms with Gasteiger partial charge < -0.3 is 15.0 Å². The van der Waals surface area contributed by atoms with E-state index in [0.717, 1.165) is 19.4 Å². The van der Waals surface area contributed by atoms with Crippen molar-refractivity contribution in [2.24, 2.45) is 0 Å². The highest BCUT2D eigenvalue weighted by atomic mass is 16.5. The summed E-state index contributed by atoms with van der Waals surface area (Å²) < 4.78 is 4.70. The Morgan fingerprint density at radius 3 is 2.62 bits per heavy atom. The number of amides is 1. The van der Waals surface area contributed by atoms with Crippen LogP contribution in [0.1, 0.15) is 36.5 Å². The smallest absolute Gasteiger partial charge is 0.339 e. The van der Waals surface area contributed by atoms with Gasteiger partial charge in [-0.15, -0.1) is 0 Å². The molecule has 0 heterocycles. The van der Waals surface area contributed by atoms with Crippen molar-refractivity contribution in [3.63, 3.8) is 0 Å². The lowest BCUT2D eigenvalue weighted by Crippen LogP contribution is -2.25. The molecular weight excluding hydrogens is 268 g/mol. The van der Waals surface area contributed by atoms with Crippen molar-refractivity contribution in [3.8, 4) is 0 Å². The van der Waals surface area contributed by atoms with Gasteiger partial charge in [-0.2, -0.15) is 0 Å². The number of hydrogen-bond acceptors (Lipinski definition) is 4. The second-order valence-corrected chi connectivity index (χ2v) is 4.99. The number of nitrogens with one attached hydrogen (secondary N) is 1. The lowest BCUT2D eigenvalue weighted by Gasteiger charge is -2.16. The number of unbranched alkanes of at least 4 members (excludes halogenated alkanes) is 1. The molecule has 116 valence electrons. The molecule has 1 aromatic carbocycles. The normalized spacial score (nSPS) is 10.5. The van der Waals surface area contributed by atoms with Gasteiger partial charge in [0.2, 0.25) is 5.91 Å². The van der Waals surface area contributed by atoms with Crippen molar-refractivity contribution in [2.75, 3.05) is 32.6 Å². The van der Waals surface area contributed by atoms with Gasteiger partial charge in [0.1, 0.15) is 0 Å². The molecular formula is C16H24N2O3. The van der Waals surface area contributed by atoms with Crippen LogP contribution in [-0.2, 0) is 9.53 Å². The molecule has 0 atom stereocenters. The maximum Gasteiger partial charge on any atom is 0.339 e. The van der Waals surface area contributed by atoms with Gasteiger partial charge in [0.05, 0.1) is 18.4 Å². The first-order valence-corrected chi connectivity index (χ1v) is 7.24. The molecule has 0 saturated heterocycles. The Balaban J connectivity index is 2.53. The molecule has 5 heteroatoms. The Morgan fingerprint density at radius 1 is 1.24 bits per heavy atom. The molecule has 0 aromatic heterocycles. The third-order valence-corrected chi connectivity index (χ3v) is 3.22. The predicted octanol–water partition coefficient (Wildman–Crippen LogP) is 2.53. The molecule has 0 radical (unpaired) electrons. The highest BCUT2D eigenvalue weighted by Gasteiger charge is 2.13. The second kappa shape index (κ2) is 9.13. The van der Waals surface area contributed by atoms with E-state index in [9.17, 15) is 9.59 Å². The molecule has 0 aliphatic carbocycles. The summed E-state index contributed by atoms with van der Waals surface area (Å²) in [7, 11) is 3.33. The van der Waals surface area contributed by atoms with E-state index in [-0.39, 0.29) is 5.91 Å². The number of esters is 1. The number of rotatable bonds is 8. The van der Waals surface area contributed by atoms with E-state index < -0.39 is 5.97 Å². The Morgan fingerprint density at radius 2 is 1.95 bits per heavy atom. The summed E-state index contributed by atoms with van der Waals surface area (Å²) in [6.45, 7) is 3.83. The zero-order valence-electron chi connectivity index (χ0n) is 13.0. The van der Waals surface area contributed by atoms with Crippen molar-refractivity contribution in [1.29, 1.82) is 0 Å². The molecule has 0 unspecified atom stereocenters. The van der Waals surface area contributed by atoms with Crippen LogP contribution in [0.5, 0.6) is 0 Å². The van der Waals surface area contributed by atoms with Crippen LogP contribution in [-0.4, -0.2) is 44.0 Å². The van der Waals surface area contributed by atoms with Crippen LogP contribution >= 0.6 is 0 Å². The van der Waals surface area contributed by atoms with Crippen molar-refractivity contribution >= 4 is 17.6 Å². The number of ether oxygens (including phenoxy) is 1. The number of carbonyl (C=O) groups excluding carboxylic acids is 2. The lowest BCUT2D eigenvalue weighted by atomic mass is 10.1. The molecule has 5 nitrogen and oxygen atoms in total. The fourth-order valence-corrected chi connectivity index (χ4v) is 1.93. The molecule has 0 spiro atoms. The lowest BCUT2D eigenvalue weighted by molar-refractivity contribution is -0.116. The fraction of sp³-hybridized carbons (Fsp3) is 0.500. The summed E-state index contributed by atoms with van der Waals surface area (Å²) in [5.74, 6) is -0.555. The molecule has 1 rings (SSSR count). The van der Waals surface area contributed by atoms with E-state index in [1.807, 2.05) is 7.05 Å². The van der Waals surface area contributed by atoms with Crippen LogP contribution in [0.15, 0.2) is 24.3 Å². The zero-order chi connectivity index (χ0) is 15.7. The SMILES string of the molecule is CCCCN(C)CCC(=O)Nc1ccccc1C(=O)OC. The quantitative estimate of drug-likeness (QED) is 0.748. The Hall–Kier alpha value is -1.88. The van der Waals surface area contributed by atoms with Crippen LogP contribution in [0.4, 0.5) is 5.69 Å². The largest absolute Gasteiger partial charge is 0.465 e. The number of para-hydroxylation sites is 1. The molecule has 0 bridgehead atoms. The van der Waals surface area contributed by atoms with Gasteiger partial charge in [0, 0.05) is 13.0 Å². The monoisotopic (exact) mass is 292 g/mol. The molecule has 0 aliphatic rings.